The van der Waals surface area contributed by atoms with E-state index < -0.39 is 5.97 Å². The number of aliphatic carboxylic acids is 1. The zero-order valence-corrected chi connectivity index (χ0v) is 6.86. The maximum Gasteiger partial charge on any atom is 0.303 e. The van der Waals surface area contributed by atoms with Crippen LogP contribution >= 0.6 is 12.4 Å². The van der Waals surface area contributed by atoms with Gasteiger partial charge in [0.05, 0.1) is 0 Å². The van der Waals surface area contributed by atoms with E-state index in [1.165, 1.54) is 0 Å². The monoisotopic (exact) mass is 164 g/mol. The first kappa shape index (κ1) is 12.2. The molecule has 0 amide bonds. The molecule has 60 valence electrons. The highest BCUT2D eigenvalue weighted by atomic mass is 35.5. The average molecular weight is 165 g/mol. The van der Waals surface area contributed by atoms with Crippen molar-refractivity contribution in [3.8, 4) is 0 Å². The first-order valence-corrected chi connectivity index (χ1v) is 3.14. The summed E-state index contributed by atoms with van der Waals surface area (Å²) in [6.45, 7) is 2.03. The molecule has 0 aliphatic rings. The highest BCUT2D eigenvalue weighted by molar-refractivity contribution is 5.85. The van der Waals surface area contributed by atoms with E-state index in [4.69, 9.17) is 5.11 Å². The van der Waals surface area contributed by atoms with Crippen LogP contribution in [-0.4, -0.2) is 11.1 Å². The van der Waals surface area contributed by atoms with E-state index in [9.17, 15) is 4.79 Å². The van der Waals surface area contributed by atoms with Crippen molar-refractivity contribution in [1.29, 1.82) is 0 Å². The van der Waals surface area contributed by atoms with Gasteiger partial charge in [0.2, 0.25) is 0 Å². The second-order valence-corrected chi connectivity index (χ2v) is 1.81. The first-order valence-electron chi connectivity index (χ1n) is 3.14. The first-order chi connectivity index (χ1) is 4.27. The molecule has 0 spiro atoms. The van der Waals surface area contributed by atoms with E-state index >= 15 is 0 Å². The minimum atomic E-state index is -0.726. The summed E-state index contributed by atoms with van der Waals surface area (Å²) in [5.74, 6) is -0.726. The van der Waals surface area contributed by atoms with Crippen LogP contribution in [-0.2, 0) is 4.79 Å². The number of carbonyl (C=O) groups is 1. The van der Waals surface area contributed by atoms with Gasteiger partial charge in [0, 0.05) is 6.42 Å². The summed E-state index contributed by atoms with van der Waals surface area (Å²) in [7, 11) is 0. The summed E-state index contributed by atoms with van der Waals surface area (Å²) in [5.41, 5.74) is 0. The normalized spacial score (nSPS) is 9.30. The Kier molecular flexibility index (Phi) is 10.4. The fourth-order valence-corrected chi connectivity index (χ4v) is 0.491. The highest BCUT2D eigenvalue weighted by Crippen LogP contribution is 1.91. The predicted octanol–water partition coefficient (Wildman–Crippen LogP) is 2.24. The van der Waals surface area contributed by atoms with Crippen LogP contribution in [0.5, 0.6) is 0 Å². The average Bonchev–Trinajstić information content (AvgIpc) is 1.80. The van der Waals surface area contributed by atoms with Crippen LogP contribution in [0.25, 0.3) is 0 Å². The molecule has 0 fully saturated rings. The number of allylic oxidation sites excluding steroid dienone is 2. The molecule has 3 heteroatoms. The zero-order valence-electron chi connectivity index (χ0n) is 6.04. The quantitative estimate of drug-likeness (QED) is 0.648. The van der Waals surface area contributed by atoms with Crippen LogP contribution in [0.15, 0.2) is 12.2 Å². The predicted molar refractivity (Wildman–Crippen MR) is 43.5 cm³/mol. The van der Waals surface area contributed by atoms with Gasteiger partial charge in [-0.2, -0.15) is 0 Å². The third-order valence-corrected chi connectivity index (χ3v) is 0.927. The molecule has 0 heterocycles. The van der Waals surface area contributed by atoms with Crippen molar-refractivity contribution < 1.29 is 9.90 Å². The Bertz CT molecular complexity index is 110. The number of carboxylic acid groups (broad SMARTS) is 1. The molecule has 2 nitrogen and oxygen atoms in total. The molecule has 0 unspecified atom stereocenters. The number of rotatable bonds is 4. The van der Waals surface area contributed by atoms with E-state index in [-0.39, 0.29) is 18.8 Å². The Hall–Kier alpha value is -0.500. The van der Waals surface area contributed by atoms with Gasteiger partial charge in [-0.25, -0.2) is 0 Å². The van der Waals surface area contributed by atoms with E-state index in [0.717, 1.165) is 6.42 Å². The third-order valence-electron chi connectivity index (χ3n) is 0.927. The number of hydrogen-bond acceptors (Lipinski definition) is 1. The van der Waals surface area contributed by atoms with Gasteiger partial charge in [-0.3, -0.25) is 4.79 Å². The lowest BCUT2D eigenvalue weighted by atomic mass is 10.3. The molecule has 0 saturated heterocycles. The summed E-state index contributed by atoms with van der Waals surface area (Å²) in [4.78, 5) is 9.93. The van der Waals surface area contributed by atoms with E-state index in [1.54, 1.807) is 0 Å². The van der Waals surface area contributed by atoms with Crippen molar-refractivity contribution in [2.45, 2.75) is 26.2 Å². The van der Waals surface area contributed by atoms with Gasteiger partial charge in [-0.05, 0) is 12.8 Å². The Balaban J connectivity index is 0. The Morgan fingerprint density at radius 3 is 2.50 bits per heavy atom. The Morgan fingerprint density at radius 2 is 2.10 bits per heavy atom. The number of hydrogen-bond donors (Lipinski definition) is 1. The lowest BCUT2D eigenvalue weighted by Gasteiger charge is -1.85. The zero-order chi connectivity index (χ0) is 7.11. The lowest BCUT2D eigenvalue weighted by Crippen LogP contribution is -1.91. The number of halogens is 1. The van der Waals surface area contributed by atoms with Gasteiger partial charge in [-0.1, -0.05) is 19.1 Å². The van der Waals surface area contributed by atoms with Gasteiger partial charge in [-0.15, -0.1) is 12.4 Å². The van der Waals surface area contributed by atoms with Crippen molar-refractivity contribution in [3.63, 3.8) is 0 Å². The molecule has 1 N–H and O–H groups in total. The fourth-order valence-electron chi connectivity index (χ4n) is 0.491. The molecule has 10 heavy (non-hydrogen) atoms. The van der Waals surface area contributed by atoms with Crippen LogP contribution in [0.4, 0.5) is 0 Å². The summed E-state index contributed by atoms with van der Waals surface area (Å²) in [5, 5.41) is 8.18. The molecular formula is C7H13ClO2. The molecule has 0 aromatic carbocycles. The third kappa shape index (κ3) is 10.5. The Morgan fingerprint density at radius 1 is 1.50 bits per heavy atom. The lowest BCUT2D eigenvalue weighted by molar-refractivity contribution is -0.136. The summed E-state index contributed by atoms with van der Waals surface area (Å²) in [6.07, 6.45) is 5.76. The van der Waals surface area contributed by atoms with Crippen LogP contribution in [0.3, 0.4) is 0 Å². The molecule has 0 aliphatic heterocycles. The van der Waals surface area contributed by atoms with E-state index in [2.05, 4.69) is 0 Å². The smallest absolute Gasteiger partial charge is 0.303 e. The van der Waals surface area contributed by atoms with Gasteiger partial charge in [0.25, 0.3) is 0 Å². The topological polar surface area (TPSA) is 37.3 Å². The minimum absolute atomic E-state index is 0. The number of carboxylic acids is 1. The van der Waals surface area contributed by atoms with Crippen LogP contribution in [0.1, 0.15) is 26.2 Å². The Labute approximate surface area is 67.3 Å². The van der Waals surface area contributed by atoms with Gasteiger partial charge < -0.3 is 5.11 Å². The van der Waals surface area contributed by atoms with Crippen molar-refractivity contribution in [1.82, 2.24) is 0 Å². The fraction of sp³-hybridized carbons (Fsp3) is 0.571. The maximum absolute atomic E-state index is 9.93. The van der Waals surface area contributed by atoms with Gasteiger partial charge >= 0.3 is 5.97 Å². The van der Waals surface area contributed by atoms with E-state index in [0.29, 0.717) is 6.42 Å². The molecule has 0 aromatic rings. The van der Waals surface area contributed by atoms with Gasteiger partial charge in [0.1, 0.15) is 0 Å². The van der Waals surface area contributed by atoms with E-state index in [1.807, 2.05) is 19.1 Å². The molecule has 0 saturated carbocycles. The van der Waals surface area contributed by atoms with Crippen molar-refractivity contribution in [2.75, 3.05) is 0 Å². The van der Waals surface area contributed by atoms with Crippen LogP contribution in [0.2, 0.25) is 0 Å². The molecular weight excluding hydrogens is 152 g/mol. The van der Waals surface area contributed by atoms with Crippen LogP contribution < -0.4 is 0 Å². The molecule has 0 aromatic heterocycles. The van der Waals surface area contributed by atoms with Gasteiger partial charge in [0.15, 0.2) is 0 Å². The minimum Gasteiger partial charge on any atom is -0.481 e. The second kappa shape index (κ2) is 8.50. The highest BCUT2D eigenvalue weighted by Gasteiger charge is 1.90. The standard InChI is InChI=1S/C7H12O2.ClH/c1-2-3-4-5-6-7(8)9;/h3-4H,2,5-6H2,1H3,(H,8,9);1H. The van der Waals surface area contributed by atoms with Crippen LogP contribution in [0, 0.1) is 0 Å². The van der Waals surface area contributed by atoms with Crippen molar-refractivity contribution in [2.24, 2.45) is 0 Å². The largest absolute Gasteiger partial charge is 0.481 e. The summed E-state index contributed by atoms with van der Waals surface area (Å²) in [6, 6.07) is 0. The maximum atomic E-state index is 9.93. The molecule has 0 atom stereocenters. The molecule has 0 rings (SSSR count). The SMILES string of the molecule is CCC=CCCC(=O)O.Cl. The molecule has 0 aliphatic carbocycles. The second-order valence-electron chi connectivity index (χ2n) is 1.81. The molecule has 0 bridgehead atoms. The molecule has 0 radical (unpaired) electrons. The summed E-state index contributed by atoms with van der Waals surface area (Å²) >= 11 is 0. The van der Waals surface area contributed by atoms with Crippen molar-refractivity contribution in [3.05, 3.63) is 12.2 Å². The summed E-state index contributed by atoms with van der Waals surface area (Å²) < 4.78 is 0. The van der Waals surface area contributed by atoms with Crippen molar-refractivity contribution >= 4 is 18.4 Å².